The minimum atomic E-state index is -0.318. The van der Waals surface area contributed by atoms with Crippen LogP contribution in [0.3, 0.4) is 0 Å². The molecule has 1 aromatic rings. The highest BCUT2D eigenvalue weighted by Crippen LogP contribution is 2.32. The second kappa shape index (κ2) is 7.88. The van der Waals surface area contributed by atoms with Gasteiger partial charge in [0.05, 0.1) is 25.9 Å². The molecule has 0 unspecified atom stereocenters. The number of amides is 1. The topological polar surface area (TPSA) is 84.8 Å². The quantitative estimate of drug-likeness (QED) is 0.912. The van der Waals surface area contributed by atoms with Crippen LogP contribution >= 0.6 is 0 Å². The van der Waals surface area contributed by atoms with E-state index in [9.17, 15) is 9.59 Å². The Morgan fingerprint density at radius 2 is 2.12 bits per heavy atom. The van der Waals surface area contributed by atoms with Crippen molar-refractivity contribution in [3.63, 3.8) is 0 Å². The van der Waals surface area contributed by atoms with Crippen LogP contribution in [0.25, 0.3) is 0 Å². The van der Waals surface area contributed by atoms with E-state index >= 15 is 0 Å². The molecule has 1 saturated heterocycles. The highest BCUT2D eigenvalue weighted by molar-refractivity contribution is 5.68. The standard InChI is InChI=1S/C17H26N2O5/c1-22-17(21)19-8-7-12(15-10-16(20)18-24-15)9-13(19)11-23-14-5-3-2-4-6-14/h10,12-14H,2-9,11H2,1H3,(H,18,20)/t12-,13+/m0/s1. The predicted octanol–water partition coefficient (Wildman–Crippen LogP) is 2.63. The maximum atomic E-state index is 12.0. The number of rotatable bonds is 4. The van der Waals surface area contributed by atoms with Crippen LogP contribution in [0.2, 0.25) is 0 Å². The van der Waals surface area contributed by atoms with Gasteiger partial charge in [-0.1, -0.05) is 19.3 Å². The lowest BCUT2D eigenvalue weighted by Crippen LogP contribution is -2.48. The summed E-state index contributed by atoms with van der Waals surface area (Å²) in [4.78, 5) is 25.1. The third-order valence-corrected chi connectivity index (χ3v) is 5.15. The van der Waals surface area contributed by atoms with Gasteiger partial charge in [0.2, 0.25) is 0 Å². The number of hydrogen-bond donors (Lipinski definition) is 1. The summed E-state index contributed by atoms with van der Waals surface area (Å²) < 4.78 is 16.3. The van der Waals surface area contributed by atoms with Gasteiger partial charge >= 0.3 is 6.09 Å². The lowest BCUT2D eigenvalue weighted by atomic mass is 9.89. The molecule has 1 amide bonds. The van der Waals surface area contributed by atoms with E-state index in [0.29, 0.717) is 31.4 Å². The van der Waals surface area contributed by atoms with Crippen LogP contribution in [0.5, 0.6) is 0 Å². The molecule has 0 bridgehead atoms. The van der Waals surface area contributed by atoms with Gasteiger partial charge in [0, 0.05) is 18.5 Å². The molecule has 1 N–H and O–H groups in total. The summed E-state index contributed by atoms with van der Waals surface area (Å²) in [5, 5.41) is 2.34. The van der Waals surface area contributed by atoms with Crippen molar-refractivity contribution in [3.05, 3.63) is 22.2 Å². The molecule has 1 aliphatic heterocycles. The van der Waals surface area contributed by atoms with Crippen LogP contribution in [0.15, 0.2) is 15.4 Å². The van der Waals surface area contributed by atoms with Crippen LogP contribution in [0.1, 0.15) is 56.6 Å². The van der Waals surface area contributed by atoms with Crippen molar-refractivity contribution in [2.75, 3.05) is 20.3 Å². The monoisotopic (exact) mass is 338 g/mol. The van der Waals surface area contributed by atoms with Crippen molar-refractivity contribution in [2.45, 2.75) is 63.0 Å². The number of likely N-dealkylation sites (tertiary alicyclic amines) is 1. The third-order valence-electron chi connectivity index (χ3n) is 5.15. The average Bonchev–Trinajstić information content (AvgIpc) is 3.06. The number of carbonyl (C=O) groups is 1. The first kappa shape index (κ1) is 17.1. The van der Waals surface area contributed by atoms with E-state index in [2.05, 4.69) is 5.16 Å². The van der Waals surface area contributed by atoms with Gasteiger partial charge in [-0.25, -0.2) is 4.79 Å². The Labute approximate surface area is 141 Å². The van der Waals surface area contributed by atoms with Crippen LogP contribution in [-0.4, -0.2) is 48.6 Å². The molecular weight excluding hydrogens is 312 g/mol. The lowest BCUT2D eigenvalue weighted by Gasteiger charge is -2.38. The average molecular weight is 338 g/mol. The summed E-state index contributed by atoms with van der Waals surface area (Å²) in [7, 11) is 1.40. The third kappa shape index (κ3) is 4.01. The number of aromatic amines is 1. The Morgan fingerprint density at radius 1 is 1.33 bits per heavy atom. The molecule has 2 atom stereocenters. The Balaban J connectivity index is 1.64. The van der Waals surface area contributed by atoms with Crippen LogP contribution in [0, 0.1) is 0 Å². The number of aromatic nitrogens is 1. The van der Waals surface area contributed by atoms with Gasteiger partial charge in [-0.3, -0.25) is 4.79 Å². The SMILES string of the molecule is COC(=O)N1CC[C@H](c2cc(=O)[nH]o2)C[C@@H]1COC1CCCCC1. The number of hydrogen-bond acceptors (Lipinski definition) is 5. The first-order chi connectivity index (χ1) is 11.7. The zero-order valence-electron chi connectivity index (χ0n) is 14.2. The van der Waals surface area contributed by atoms with Gasteiger partial charge in [0.1, 0.15) is 5.76 Å². The first-order valence-electron chi connectivity index (χ1n) is 8.82. The minimum Gasteiger partial charge on any atom is -0.453 e. The summed E-state index contributed by atoms with van der Waals surface area (Å²) in [6, 6.07) is 1.44. The fourth-order valence-corrected chi connectivity index (χ4v) is 3.80. The van der Waals surface area contributed by atoms with Gasteiger partial charge in [0.15, 0.2) is 0 Å². The molecule has 0 spiro atoms. The summed E-state index contributed by atoms with van der Waals surface area (Å²) in [5.41, 5.74) is -0.226. The van der Waals surface area contributed by atoms with Crippen molar-refractivity contribution in [2.24, 2.45) is 0 Å². The smallest absolute Gasteiger partial charge is 0.409 e. The van der Waals surface area contributed by atoms with Crippen LogP contribution < -0.4 is 5.56 Å². The molecule has 7 heteroatoms. The highest BCUT2D eigenvalue weighted by Gasteiger charge is 2.35. The fraction of sp³-hybridized carbons (Fsp3) is 0.765. The molecule has 2 fully saturated rings. The van der Waals surface area contributed by atoms with Crippen LogP contribution in [-0.2, 0) is 9.47 Å². The second-order valence-electron chi connectivity index (χ2n) is 6.75. The molecule has 2 heterocycles. The highest BCUT2D eigenvalue weighted by atomic mass is 16.5. The van der Waals surface area contributed by atoms with E-state index in [-0.39, 0.29) is 23.6 Å². The lowest BCUT2D eigenvalue weighted by molar-refractivity contribution is -0.0194. The van der Waals surface area contributed by atoms with E-state index in [0.717, 1.165) is 19.3 Å². The first-order valence-corrected chi connectivity index (χ1v) is 8.82. The molecular formula is C17H26N2O5. The Kier molecular flexibility index (Phi) is 5.60. The zero-order valence-corrected chi connectivity index (χ0v) is 14.2. The molecule has 2 aliphatic rings. The zero-order chi connectivity index (χ0) is 16.9. The Hall–Kier alpha value is -1.76. The van der Waals surface area contributed by atoms with Crippen molar-refractivity contribution in [1.82, 2.24) is 10.1 Å². The molecule has 1 aromatic heterocycles. The van der Waals surface area contributed by atoms with Crippen molar-refractivity contribution in [1.29, 1.82) is 0 Å². The number of nitrogens with zero attached hydrogens (tertiary/aromatic N) is 1. The molecule has 7 nitrogen and oxygen atoms in total. The number of piperidine rings is 1. The number of ether oxygens (including phenoxy) is 2. The normalized spacial score (nSPS) is 25.6. The number of H-pyrrole nitrogens is 1. The minimum absolute atomic E-state index is 0.0571. The second-order valence-corrected chi connectivity index (χ2v) is 6.75. The molecule has 3 rings (SSSR count). The Bertz CT molecular complexity index is 590. The molecule has 1 saturated carbocycles. The predicted molar refractivity (Wildman–Crippen MR) is 87.0 cm³/mol. The van der Waals surface area contributed by atoms with Gasteiger partial charge in [-0.05, 0) is 25.7 Å². The maximum absolute atomic E-state index is 12.0. The number of nitrogens with one attached hydrogen (secondary N) is 1. The van der Waals surface area contributed by atoms with E-state index in [1.807, 2.05) is 0 Å². The molecule has 24 heavy (non-hydrogen) atoms. The molecule has 134 valence electrons. The number of carbonyl (C=O) groups excluding carboxylic acids is 1. The summed E-state index contributed by atoms with van der Waals surface area (Å²) in [6.45, 7) is 1.08. The van der Waals surface area contributed by atoms with E-state index in [4.69, 9.17) is 14.0 Å². The van der Waals surface area contributed by atoms with E-state index in [1.165, 1.54) is 32.4 Å². The van der Waals surface area contributed by atoms with Gasteiger partial charge in [0.25, 0.3) is 5.56 Å². The maximum Gasteiger partial charge on any atom is 0.409 e. The Morgan fingerprint density at radius 3 is 2.79 bits per heavy atom. The largest absolute Gasteiger partial charge is 0.453 e. The fourth-order valence-electron chi connectivity index (χ4n) is 3.80. The molecule has 0 aromatic carbocycles. The van der Waals surface area contributed by atoms with Crippen LogP contribution in [0.4, 0.5) is 4.79 Å². The number of methoxy groups -OCH3 is 1. The van der Waals surface area contributed by atoms with E-state index in [1.54, 1.807) is 4.90 Å². The van der Waals surface area contributed by atoms with Crippen molar-refractivity contribution in [3.8, 4) is 0 Å². The van der Waals surface area contributed by atoms with E-state index < -0.39 is 0 Å². The summed E-state index contributed by atoms with van der Waals surface area (Å²) >= 11 is 0. The van der Waals surface area contributed by atoms with Gasteiger partial charge in [-0.2, -0.15) is 5.16 Å². The van der Waals surface area contributed by atoms with Crippen molar-refractivity contribution < 1.29 is 18.8 Å². The molecule has 1 aliphatic carbocycles. The molecule has 0 radical (unpaired) electrons. The van der Waals surface area contributed by atoms with Crippen molar-refractivity contribution >= 4 is 6.09 Å². The summed E-state index contributed by atoms with van der Waals surface area (Å²) in [6.07, 6.45) is 7.35. The van der Waals surface area contributed by atoms with Gasteiger partial charge in [-0.15, -0.1) is 0 Å². The van der Waals surface area contributed by atoms with Gasteiger partial charge < -0.3 is 18.9 Å². The summed E-state index contributed by atoms with van der Waals surface area (Å²) in [5.74, 6) is 0.775.